The van der Waals surface area contributed by atoms with Crippen molar-refractivity contribution < 1.29 is 13.9 Å². The molecule has 0 heterocycles. The normalized spacial score (nSPS) is 10.6. The molecule has 0 unspecified atom stereocenters. The van der Waals surface area contributed by atoms with Crippen molar-refractivity contribution in [3.63, 3.8) is 0 Å². The summed E-state index contributed by atoms with van der Waals surface area (Å²) >= 11 is 7.49. The average molecular weight is 382 g/mol. The molecule has 134 valence electrons. The lowest BCUT2D eigenvalue weighted by Gasteiger charge is -2.11. The molecule has 0 radical (unpaired) electrons. The Labute approximate surface area is 156 Å². The SMILES string of the molecule is Cc1cccc(OCC(=O)NCCSCc2c(F)cccc2Cl)c1C. The summed E-state index contributed by atoms with van der Waals surface area (Å²) in [7, 11) is 0. The molecule has 6 heteroatoms. The Kier molecular flexibility index (Phi) is 7.59. The van der Waals surface area contributed by atoms with Gasteiger partial charge in [-0.1, -0.05) is 29.8 Å². The highest BCUT2D eigenvalue weighted by Crippen LogP contribution is 2.23. The van der Waals surface area contributed by atoms with Gasteiger partial charge in [-0.2, -0.15) is 11.8 Å². The molecule has 0 fully saturated rings. The minimum Gasteiger partial charge on any atom is -0.483 e. The number of amides is 1. The van der Waals surface area contributed by atoms with Crippen LogP contribution in [0, 0.1) is 19.7 Å². The number of ether oxygens (including phenoxy) is 1. The second kappa shape index (κ2) is 9.68. The minimum absolute atomic E-state index is 0.0197. The molecule has 0 bridgehead atoms. The van der Waals surface area contributed by atoms with Crippen LogP contribution in [0.25, 0.3) is 0 Å². The summed E-state index contributed by atoms with van der Waals surface area (Å²) in [6, 6.07) is 10.4. The summed E-state index contributed by atoms with van der Waals surface area (Å²) < 4.78 is 19.2. The Hall–Kier alpha value is -1.72. The lowest BCUT2D eigenvalue weighted by atomic mass is 10.1. The van der Waals surface area contributed by atoms with E-state index < -0.39 is 0 Å². The van der Waals surface area contributed by atoms with Crippen LogP contribution in [0.1, 0.15) is 16.7 Å². The van der Waals surface area contributed by atoms with Gasteiger partial charge in [0.2, 0.25) is 0 Å². The molecule has 0 atom stereocenters. The van der Waals surface area contributed by atoms with Crippen molar-refractivity contribution in [3.05, 3.63) is 63.9 Å². The summed E-state index contributed by atoms with van der Waals surface area (Å²) in [5, 5.41) is 3.22. The predicted molar refractivity (Wildman–Crippen MR) is 102 cm³/mol. The molecule has 0 spiro atoms. The fourth-order valence-corrected chi connectivity index (χ4v) is 3.38. The summed E-state index contributed by atoms with van der Waals surface area (Å²) in [6.07, 6.45) is 0. The van der Waals surface area contributed by atoms with Gasteiger partial charge < -0.3 is 10.1 Å². The summed E-state index contributed by atoms with van der Waals surface area (Å²) in [6.45, 7) is 4.44. The largest absolute Gasteiger partial charge is 0.483 e. The number of thioether (sulfide) groups is 1. The maximum absolute atomic E-state index is 13.6. The van der Waals surface area contributed by atoms with Crippen molar-refractivity contribution >= 4 is 29.3 Å². The molecule has 25 heavy (non-hydrogen) atoms. The number of carbonyl (C=O) groups excluding carboxylic acids is 1. The van der Waals surface area contributed by atoms with Crippen LogP contribution in [0.2, 0.25) is 5.02 Å². The molecular weight excluding hydrogens is 361 g/mol. The van der Waals surface area contributed by atoms with Crippen LogP contribution in [0.5, 0.6) is 5.75 Å². The van der Waals surface area contributed by atoms with Crippen molar-refractivity contribution in [3.8, 4) is 5.75 Å². The standard InChI is InChI=1S/C19H21ClFNO2S/c1-13-5-3-8-18(14(13)2)24-11-19(23)22-9-10-25-12-15-16(20)6-4-7-17(15)21/h3-8H,9-12H2,1-2H3,(H,22,23). The first-order valence-electron chi connectivity index (χ1n) is 7.95. The number of carbonyl (C=O) groups is 1. The Balaban J connectivity index is 1.66. The third kappa shape index (κ3) is 5.94. The van der Waals surface area contributed by atoms with Crippen LogP contribution < -0.4 is 10.1 Å². The number of hydrogen-bond donors (Lipinski definition) is 1. The van der Waals surface area contributed by atoms with E-state index in [1.54, 1.807) is 12.1 Å². The zero-order valence-electron chi connectivity index (χ0n) is 14.3. The fourth-order valence-electron chi connectivity index (χ4n) is 2.18. The fraction of sp³-hybridized carbons (Fsp3) is 0.316. The average Bonchev–Trinajstić information content (AvgIpc) is 2.58. The summed E-state index contributed by atoms with van der Waals surface area (Å²) in [5.41, 5.74) is 2.66. The lowest BCUT2D eigenvalue weighted by Crippen LogP contribution is -2.30. The summed E-state index contributed by atoms with van der Waals surface area (Å²) in [4.78, 5) is 11.8. The van der Waals surface area contributed by atoms with Gasteiger partial charge in [-0.15, -0.1) is 0 Å². The van der Waals surface area contributed by atoms with Gasteiger partial charge in [-0.05, 0) is 43.2 Å². The van der Waals surface area contributed by atoms with Crippen molar-refractivity contribution in [2.24, 2.45) is 0 Å². The zero-order valence-corrected chi connectivity index (χ0v) is 15.8. The molecule has 1 amide bonds. The van der Waals surface area contributed by atoms with E-state index in [9.17, 15) is 9.18 Å². The van der Waals surface area contributed by atoms with Gasteiger partial charge >= 0.3 is 0 Å². The molecule has 1 N–H and O–H groups in total. The quantitative estimate of drug-likeness (QED) is 0.683. The maximum atomic E-state index is 13.6. The third-order valence-electron chi connectivity index (χ3n) is 3.79. The highest BCUT2D eigenvalue weighted by atomic mass is 35.5. The molecule has 0 aliphatic carbocycles. The second-order valence-electron chi connectivity index (χ2n) is 5.59. The minimum atomic E-state index is -0.300. The molecule has 0 aliphatic rings. The number of benzene rings is 2. The van der Waals surface area contributed by atoms with Crippen LogP contribution in [0.3, 0.4) is 0 Å². The highest BCUT2D eigenvalue weighted by molar-refractivity contribution is 7.98. The number of aryl methyl sites for hydroxylation is 1. The van der Waals surface area contributed by atoms with E-state index in [2.05, 4.69) is 5.32 Å². The number of hydrogen-bond acceptors (Lipinski definition) is 3. The Morgan fingerprint density at radius 1 is 1.24 bits per heavy atom. The number of halogens is 2. The van der Waals surface area contributed by atoms with Gasteiger partial charge in [0.05, 0.1) is 0 Å². The van der Waals surface area contributed by atoms with Crippen molar-refractivity contribution in [2.45, 2.75) is 19.6 Å². The van der Waals surface area contributed by atoms with Crippen LogP contribution >= 0.6 is 23.4 Å². The predicted octanol–water partition coefficient (Wildman–Crippen LogP) is 4.52. The van der Waals surface area contributed by atoms with E-state index in [-0.39, 0.29) is 18.3 Å². The topological polar surface area (TPSA) is 38.3 Å². The van der Waals surface area contributed by atoms with E-state index in [1.807, 2.05) is 32.0 Å². The van der Waals surface area contributed by atoms with E-state index >= 15 is 0 Å². The summed E-state index contributed by atoms with van der Waals surface area (Å²) in [5.74, 6) is 1.38. The molecule has 2 aromatic carbocycles. The first-order valence-corrected chi connectivity index (χ1v) is 9.48. The maximum Gasteiger partial charge on any atom is 0.257 e. The Morgan fingerprint density at radius 3 is 2.76 bits per heavy atom. The monoisotopic (exact) mass is 381 g/mol. The van der Waals surface area contributed by atoms with E-state index in [1.165, 1.54) is 17.8 Å². The van der Waals surface area contributed by atoms with Crippen LogP contribution in [-0.2, 0) is 10.5 Å². The van der Waals surface area contributed by atoms with Gasteiger partial charge in [0.15, 0.2) is 6.61 Å². The van der Waals surface area contributed by atoms with Crippen LogP contribution in [0.15, 0.2) is 36.4 Å². The van der Waals surface area contributed by atoms with Gasteiger partial charge in [0, 0.05) is 28.6 Å². The van der Waals surface area contributed by atoms with Crippen LogP contribution in [0.4, 0.5) is 4.39 Å². The molecule has 2 rings (SSSR count). The molecule has 0 saturated carbocycles. The van der Waals surface area contributed by atoms with E-state index in [4.69, 9.17) is 16.3 Å². The van der Waals surface area contributed by atoms with E-state index in [0.717, 1.165) is 16.9 Å². The Bertz CT molecular complexity index is 719. The first kappa shape index (κ1) is 19.6. The van der Waals surface area contributed by atoms with E-state index in [0.29, 0.717) is 28.6 Å². The lowest BCUT2D eigenvalue weighted by molar-refractivity contribution is -0.122. The molecule has 0 aromatic heterocycles. The third-order valence-corrected chi connectivity index (χ3v) is 5.13. The van der Waals surface area contributed by atoms with Crippen LogP contribution in [-0.4, -0.2) is 24.8 Å². The van der Waals surface area contributed by atoms with Crippen molar-refractivity contribution in [2.75, 3.05) is 18.9 Å². The van der Waals surface area contributed by atoms with Gasteiger partial charge in [-0.3, -0.25) is 4.79 Å². The highest BCUT2D eigenvalue weighted by Gasteiger charge is 2.08. The van der Waals surface area contributed by atoms with Gasteiger partial charge in [0.1, 0.15) is 11.6 Å². The molecular formula is C19H21ClFNO2S. The second-order valence-corrected chi connectivity index (χ2v) is 7.10. The van der Waals surface area contributed by atoms with Crippen molar-refractivity contribution in [1.29, 1.82) is 0 Å². The van der Waals surface area contributed by atoms with Gasteiger partial charge in [0.25, 0.3) is 5.91 Å². The number of rotatable bonds is 8. The molecule has 0 saturated heterocycles. The molecule has 0 aliphatic heterocycles. The van der Waals surface area contributed by atoms with Gasteiger partial charge in [-0.25, -0.2) is 4.39 Å². The Morgan fingerprint density at radius 2 is 2.00 bits per heavy atom. The smallest absolute Gasteiger partial charge is 0.257 e. The number of nitrogens with one attached hydrogen (secondary N) is 1. The van der Waals surface area contributed by atoms with Crippen molar-refractivity contribution in [1.82, 2.24) is 5.32 Å². The zero-order chi connectivity index (χ0) is 18.2. The molecule has 2 aromatic rings. The molecule has 3 nitrogen and oxygen atoms in total. The first-order chi connectivity index (χ1) is 12.0.